The molecule has 0 saturated heterocycles. The summed E-state index contributed by atoms with van der Waals surface area (Å²) in [6.45, 7) is 3.84. The summed E-state index contributed by atoms with van der Waals surface area (Å²) in [6.07, 6.45) is 5.46. The van der Waals surface area contributed by atoms with E-state index in [9.17, 15) is 9.90 Å². The van der Waals surface area contributed by atoms with Crippen molar-refractivity contribution >= 4 is 18.0 Å². The van der Waals surface area contributed by atoms with Gasteiger partial charge in [-0.15, -0.1) is 0 Å². The zero-order chi connectivity index (χ0) is 18.7. The zero-order valence-corrected chi connectivity index (χ0v) is 15.4. The number of benzene rings is 2. The largest absolute Gasteiger partial charge is 0.507 e. The van der Waals surface area contributed by atoms with Crippen molar-refractivity contribution in [2.45, 2.75) is 39.5 Å². The van der Waals surface area contributed by atoms with Crippen LogP contribution in [0, 0.1) is 13.8 Å². The summed E-state index contributed by atoms with van der Waals surface area (Å²) in [7, 11) is 1.52. The minimum Gasteiger partial charge on any atom is -0.507 e. The van der Waals surface area contributed by atoms with Crippen molar-refractivity contribution in [1.29, 1.82) is 0 Å². The first-order valence-corrected chi connectivity index (χ1v) is 8.88. The lowest BCUT2D eigenvalue weighted by atomic mass is 9.89. The maximum Gasteiger partial charge on any atom is 0.412 e. The van der Waals surface area contributed by atoms with Crippen molar-refractivity contribution in [2.24, 2.45) is 4.99 Å². The number of nitrogens with one attached hydrogen (secondary N) is 1. The first-order chi connectivity index (χ1) is 12.5. The number of hydrogen-bond acceptors (Lipinski definition) is 4. The smallest absolute Gasteiger partial charge is 0.412 e. The Morgan fingerprint density at radius 1 is 1.19 bits per heavy atom. The van der Waals surface area contributed by atoms with Gasteiger partial charge in [-0.1, -0.05) is 6.07 Å². The van der Waals surface area contributed by atoms with Gasteiger partial charge < -0.3 is 15.2 Å². The average molecular weight is 352 g/mol. The number of aryl methyl sites for hydroxylation is 3. The van der Waals surface area contributed by atoms with Crippen molar-refractivity contribution in [1.82, 2.24) is 5.32 Å². The number of phenols is 1. The van der Waals surface area contributed by atoms with Gasteiger partial charge in [0.1, 0.15) is 11.5 Å². The van der Waals surface area contributed by atoms with Gasteiger partial charge in [0.25, 0.3) is 0 Å². The van der Waals surface area contributed by atoms with Crippen molar-refractivity contribution in [3.63, 3.8) is 0 Å². The molecule has 2 aromatic carbocycles. The molecule has 5 nitrogen and oxygen atoms in total. The molecule has 3 rings (SSSR count). The van der Waals surface area contributed by atoms with E-state index in [4.69, 9.17) is 4.74 Å². The van der Waals surface area contributed by atoms with E-state index in [0.29, 0.717) is 11.5 Å². The molecule has 5 heteroatoms. The highest BCUT2D eigenvalue weighted by molar-refractivity contribution is 5.87. The zero-order valence-electron chi connectivity index (χ0n) is 15.4. The Morgan fingerprint density at radius 2 is 1.88 bits per heavy atom. The van der Waals surface area contributed by atoms with Gasteiger partial charge in [-0.25, -0.2) is 4.79 Å². The number of fused-ring (bicyclic) bond motifs is 1. The molecule has 2 aromatic rings. The van der Waals surface area contributed by atoms with E-state index in [0.717, 1.165) is 47.2 Å². The third kappa shape index (κ3) is 3.72. The van der Waals surface area contributed by atoms with Gasteiger partial charge in [0.05, 0.1) is 5.69 Å². The Balaban J connectivity index is 1.88. The molecule has 0 radical (unpaired) electrons. The van der Waals surface area contributed by atoms with E-state index < -0.39 is 6.09 Å². The van der Waals surface area contributed by atoms with E-state index >= 15 is 0 Å². The number of nitrogens with zero attached hydrogens (tertiary/aromatic N) is 1. The maximum absolute atomic E-state index is 11.4. The minimum absolute atomic E-state index is 0.348. The first kappa shape index (κ1) is 18.0. The Labute approximate surface area is 153 Å². The van der Waals surface area contributed by atoms with Crippen LogP contribution in [0.1, 0.15) is 40.7 Å². The number of ether oxygens (including phenoxy) is 1. The Kier molecular flexibility index (Phi) is 5.26. The standard InChI is InChI=1S/C21H24N2O3/c1-13-10-17(26-21(25)22-3)11-14(2)19(13)23-12-16-9-8-15-6-4-5-7-18(15)20(16)24/h8-12,24H,4-7H2,1-3H3,(H,22,25)/b23-12+. The highest BCUT2D eigenvalue weighted by Crippen LogP contribution is 2.33. The fourth-order valence-electron chi connectivity index (χ4n) is 3.40. The normalized spacial score (nSPS) is 13.5. The second-order valence-electron chi connectivity index (χ2n) is 6.65. The SMILES string of the molecule is CNC(=O)Oc1cc(C)c(/N=C/c2ccc3c(c2O)CCCC3)c(C)c1. The summed E-state index contributed by atoms with van der Waals surface area (Å²) in [5.41, 5.74) is 5.65. The summed E-state index contributed by atoms with van der Waals surface area (Å²) < 4.78 is 5.18. The monoisotopic (exact) mass is 352 g/mol. The van der Waals surface area contributed by atoms with Crippen LogP contribution in [-0.4, -0.2) is 24.5 Å². The number of amides is 1. The van der Waals surface area contributed by atoms with Gasteiger partial charge in [0.15, 0.2) is 0 Å². The predicted octanol–water partition coefficient (Wildman–Crippen LogP) is 4.36. The van der Waals surface area contributed by atoms with Crippen LogP contribution in [0.4, 0.5) is 10.5 Å². The number of aromatic hydroxyl groups is 1. The van der Waals surface area contributed by atoms with E-state index in [1.807, 2.05) is 19.9 Å². The molecule has 0 spiro atoms. The summed E-state index contributed by atoms with van der Waals surface area (Å²) in [4.78, 5) is 15.9. The molecule has 0 saturated carbocycles. The molecule has 0 heterocycles. The molecule has 136 valence electrons. The molecule has 1 amide bonds. The highest BCUT2D eigenvalue weighted by Gasteiger charge is 2.15. The van der Waals surface area contributed by atoms with E-state index in [1.165, 1.54) is 19.0 Å². The number of rotatable bonds is 3. The first-order valence-electron chi connectivity index (χ1n) is 8.88. The fourth-order valence-corrected chi connectivity index (χ4v) is 3.40. The van der Waals surface area contributed by atoms with Gasteiger partial charge in [-0.3, -0.25) is 4.99 Å². The van der Waals surface area contributed by atoms with Gasteiger partial charge >= 0.3 is 6.09 Å². The maximum atomic E-state index is 11.4. The highest BCUT2D eigenvalue weighted by atomic mass is 16.5. The molecule has 2 N–H and O–H groups in total. The van der Waals surface area contributed by atoms with E-state index in [2.05, 4.69) is 16.4 Å². The van der Waals surface area contributed by atoms with Crippen LogP contribution in [0.2, 0.25) is 0 Å². The van der Waals surface area contributed by atoms with E-state index in [1.54, 1.807) is 18.3 Å². The fraction of sp³-hybridized carbons (Fsp3) is 0.333. The minimum atomic E-state index is -0.501. The van der Waals surface area contributed by atoms with Gasteiger partial charge in [0.2, 0.25) is 0 Å². The number of hydrogen-bond donors (Lipinski definition) is 2. The van der Waals surface area contributed by atoms with Crippen LogP contribution in [0.25, 0.3) is 0 Å². The van der Waals surface area contributed by atoms with Crippen molar-refractivity contribution in [3.8, 4) is 11.5 Å². The summed E-state index contributed by atoms with van der Waals surface area (Å²) in [5.74, 6) is 0.829. The summed E-state index contributed by atoms with van der Waals surface area (Å²) >= 11 is 0. The number of aliphatic imine (C=N–C) groups is 1. The number of carbonyl (C=O) groups excluding carboxylic acids is 1. The van der Waals surface area contributed by atoms with Crippen molar-refractivity contribution in [3.05, 3.63) is 52.1 Å². The molecular weight excluding hydrogens is 328 g/mol. The topological polar surface area (TPSA) is 70.9 Å². The second-order valence-corrected chi connectivity index (χ2v) is 6.65. The van der Waals surface area contributed by atoms with Gasteiger partial charge in [-0.05, 0) is 80.0 Å². The van der Waals surface area contributed by atoms with Crippen LogP contribution in [-0.2, 0) is 12.8 Å². The van der Waals surface area contributed by atoms with Crippen LogP contribution < -0.4 is 10.1 Å². The van der Waals surface area contributed by atoms with Gasteiger partial charge in [-0.2, -0.15) is 0 Å². The molecule has 0 fully saturated rings. The predicted molar refractivity (Wildman–Crippen MR) is 103 cm³/mol. The molecule has 1 aliphatic rings. The lowest BCUT2D eigenvalue weighted by Crippen LogP contribution is -2.22. The Bertz CT molecular complexity index is 849. The molecule has 26 heavy (non-hydrogen) atoms. The van der Waals surface area contributed by atoms with Crippen LogP contribution in [0.5, 0.6) is 11.5 Å². The van der Waals surface area contributed by atoms with Crippen molar-refractivity contribution in [2.75, 3.05) is 7.05 Å². The average Bonchev–Trinajstić information content (AvgIpc) is 2.62. The molecule has 0 atom stereocenters. The molecule has 0 bridgehead atoms. The van der Waals surface area contributed by atoms with Crippen LogP contribution in [0.15, 0.2) is 29.3 Å². The summed E-state index contributed by atoms with van der Waals surface area (Å²) in [5, 5.41) is 13.0. The molecule has 0 aliphatic heterocycles. The molecule has 0 unspecified atom stereocenters. The van der Waals surface area contributed by atoms with E-state index in [-0.39, 0.29) is 0 Å². The number of phenolic OH excluding ortho intramolecular Hbond substituents is 1. The molecule has 1 aliphatic carbocycles. The third-order valence-corrected chi connectivity index (χ3v) is 4.75. The molecular formula is C21H24N2O3. The number of carbonyl (C=O) groups is 1. The van der Waals surface area contributed by atoms with Crippen LogP contribution in [0.3, 0.4) is 0 Å². The lowest BCUT2D eigenvalue weighted by Gasteiger charge is -2.17. The Morgan fingerprint density at radius 3 is 2.58 bits per heavy atom. The van der Waals surface area contributed by atoms with Crippen molar-refractivity contribution < 1.29 is 14.6 Å². The quantitative estimate of drug-likeness (QED) is 0.807. The Hall–Kier alpha value is -2.82. The lowest BCUT2D eigenvalue weighted by molar-refractivity contribution is 0.203. The second kappa shape index (κ2) is 7.60. The van der Waals surface area contributed by atoms with Gasteiger partial charge in [0, 0.05) is 18.8 Å². The summed E-state index contributed by atoms with van der Waals surface area (Å²) in [6, 6.07) is 7.58. The molecule has 0 aromatic heterocycles. The van der Waals surface area contributed by atoms with Crippen LogP contribution >= 0.6 is 0 Å². The third-order valence-electron chi connectivity index (χ3n) is 4.75.